The Morgan fingerprint density at radius 2 is 2.10 bits per heavy atom. The maximum absolute atomic E-state index is 14.1. The molecule has 0 bridgehead atoms. The van der Waals surface area contributed by atoms with Crippen LogP contribution in [0.4, 0.5) is 21.5 Å². The van der Waals surface area contributed by atoms with E-state index in [-0.39, 0.29) is 5.82 Å². The Kier molecular flexibility index (Phi) is 6.42. The fourth-order valence-electron chi connectivity index (χ4n) is 2.50. The highest BCUT2D eigenvalue weighted by molar-refractivity contribution is 5.75. The summed E-state index contributed by atoms with van der Waals surface area (Å²) in [6.07, 6.45) is 1.81. The zero-order valence-corrected chi connectivity index (χ0v) is 13.2. The highest BCUT2D eigenvalue weighted by Gasteiger charge is 2.27. The van der Waals surface area contributed by atoms with E-state index in [1.807, 2.05) is 0 Å². The van der Waals surface area contributed by atoms with E-state index in [1.165, 1.54) is 13.0 Å². The standard InChI is InChI=1S/C13H21FN4.C2H4O/c1-16-12-7-9(15)6-11(14)13(12)18-5-4-10(8-18)17(2)3;1-2-3/h6-7,10,16H,4-5,8,15H2,1-3H3;2H,1H3. The van der Waals surface area contributed by atoms with Gasteiger partial charge in [-0.15, -0.1) is 0 Å². The average molecular weight is 296 g/mol. The number of halogens is 1. The molecular formula is C15H25FN4O. The van der Waals surface area contributed by atoms with Crippen LogP contribution in [0.3, 0.4) is 0 Å². The summed E-state index contributed by atoms with van der Waals surface area (Å²) in [4.78, 5) is 13.1. The van der Waals surface area contributed by atoms with Crippen LogP contribution in [0.25, 0.3) is 0 Å². The number of rotatable bonds is 3. The smallest absolute Gasteiger partial charge is 0.150 e. The third-order valence-corrected chi connectivity index (χ3v) is 3.56. The highest BCUT2D eigenvalue weighted by Crippen LogP contribution is 2.34. The molecular weight excluding hydrogens is 271 g/mol. The van der Waals surface area contributed by atoms with E-state index in [9.17, 15) is 4.39 Å². The van der Waals surface area contributed by atoms with Gasteiger partial charge >= 0.3 is 0 Å². The number of aldehydes is 1. The molecule has 1 saturated heterocycles. The summed E-state index contributed by atoms with van der Waals surface area (Å²) >= 11 is 0. The van der Waals surface area contributed by atoms with Crippen molar-refractivity contribution in [3.63, 3.8) is 0 Å². The molecule has 1 aliphatic rings. The van der Waals surface area contributed by atoms with Gasteiger partial charge in [-0.25, -0.2) is 4.39 Å². The van der Waals surface area contributed by atoms with Crippen molar-refractivity contribution in [2.24, 2.45) is 0 Å². The number of likely N-dealkylation sites (N-methyl/N-ethyl adjacent to an activating group) is 1. The number of nitrogens with two attached hydrogens (primary N) is 1. The topological polar surface area (TPSA) is 61.6 Å². The molecule has 1 aliphatic heterocycles. The quantitative estimate of drug-likeness (QED) is 0.658. The fourth-order valence-corrected chi connectivity index (χ4v) is 2.50. The van der Waals surface area contributed by atoms with Crippen LogP contribution < -0.4 is 16.0 Å². The molecule has 6 heteroatoms. The van der Waals surface area contributed by atoms with Gasteiger partial charge in [-0.2, -0.15) is 0 Å². The second-order valence-electron chi connectivity index (χ2n) is 5.24. The lowest BCUT2D eigenvalue weighted by molar-refractivity contribution is -0.106. The van der Waals surface area contributed by atoms with Crippen LogP contribution in [0.5, 0.6) is 0 Å². The van der Waals surface area contributed by atoms with Crippen molar-refractivity contribution in [2.75, 3.05) is 50.2 Å². The van der Waals surface area contributed by atoms with Crippen molar-refractivity contribution >= 4 is 23.3 Å². The van der Waals surface area contributed by atoms with Gasteiger partial charge < -0.3 is 25.6 Å². The molecule has 1 aromatic rings. The molecule has 0 saturated carbocycles. The molecule has 2 rings (SSSR count). The molecule has 0 radical (unpaired) electrons. The summed E-state index contributed by atoms with van der Waals surface area (Å²) in [6, 6.07) is 3.65. The normalized spacial score (nSPS) is 17.4. The number of anilines is 3. The van der Waals surface area contributed by atoms with Crippen molar-refractivity contribution in [3.8, 4) is 0 Å². The van der Waals surface area contributed by atoms with Crippen molar-refractivity contribution in [1.29, 1.82) is 0 Å². The lowest BCUT2D eigenvalue weighted by Gasteiger charge is -2.24. The first kappa shape index (κ1) is 17.2. The van der Waals surface area contributed by atoms with E-state index in [0.717, 1.165) is 31.5 Å². The Hall–Kier alpha value is -1.82. The first-order chi connectivity index (χ1) is 9.94. The molecule has 0 spiro atoms. The minimum Gasteiger partial charge on any atom is -0.399 e. The Labute approximate surface area is 125 Å². The second-order valence-corrected chi connectivity index (χ2v) is 5.24. The maximum atomic E-state index is 14.1. The molecule has 0 aliphatic carbocycles. The molecule has 1 heterocycles. The lowest BCUT2D eigenvalue weighted by Crippen LogP contribution is -2.32. The van der Waals surface area contributed by atoms with Crippen molar-refractivity contribution in [3.05, 3.63) is 17.9 Å². The Balaban J connectivity index is 0.000000677. The van der Waals surface area contributed by atoms with Crippen LogP contribution >= 0.6 is 0 Å². The van der Waals surface area contributed by atoms with E-state index in [2.05, 4.69) is 29.2 Å². The largest absolute Gasteiger partial charge is 0.399 e. The van der Waals surface area contributed by atoms with Gasteiger partial charge in [0, 0.05) is 31.9 Å². The van der Waals surface area contributed by atoms with E-state index in [1.54, 1.807) is 13.1 Å². The second kappa shape index (κ2) is 7.83. The zero-order chi connectivity index (χ0) is 16.0. The summed E-state index contributed by atoms with van der Waals surface area (Å²) < 4.78 is 14.1. The molecule has 1 atom stereocenters. The molecule has 3 N–H and O–H groups in total. The minimum atomic E-state index is -0.251. The number of hydrogen-bond acceptors (Lipinski definition) is 5. The van der Waals surface area contributed by atoms with Crippen LogP contribution in [0.2, 0.25) is 0 Å². The molecule has 21 heavy (non-hydrogen) atoms. The summed E-state index contributed by atoms with van der Waals surface area (Å²) in [6.45, 7) is 3.17. The average Bonchev–Trinajstić information content (AvgIpc) is 2.88. The summed E-state index contributed by atoms with van der Waals surface area (Å²) in [7, 11) is 5.91. The van der Waals surface area contributed by atoms with Gasteiger partial charge in [-0.05, 0) is 39.6 Å². The Morgan fingerprint density at radius 1 is 1.48 bits per heavy atom. The molecule has 118 valence electrons. The van der Waals surface area contributed by atoms with Gasteiger partial charge in [0.1, 0.15) is 6.29 Å². The fraction of sp³-hybridized carbons (Fsp3) is 0.533. The molecule has 0 aromatic heterocycles. The number of nitrogens with one attached hydrogen (secondary N) is 1. The van der Waals surface area contributed by atoms with Gasteiger partial charge in [0.25, 0.3) is 0 Å². The number of benzene rings is 1. The minimum absolute atomic E-state index is 0.251. The van der Waals surface area contributed by atoms with E-state index in [0.29, 0.717) is 17.4 Å². The molecule has 0 amide bonds. The first-order valence-electron chi connectivity index (χ1n) is 7.02. The van der Waals surface area contributed by atoms with Crippen LogP contribution in [-0.4, -0.2) is 51.5 Å². The lowest BCUT2D eigenvalue weighted by atomic mass is 10.2. The van der Waals surface area contributed by atoms with Crippen LogP contribution in [0.15, 0.2) is 12.1 Å². The molecule has 5 nitrogen and oxygen atoms in total. The van der Waals surface area contributed by atoms with E-state index < -0.39 is 0 Å². The number of carbonyl (C=O) groups is 1. The number of carbonyl (C=O) groups excluding carboxylic acids is 1. The van der Waals surface area contributed by atoms with Gasteiger partial charge in [0.15, 0.2) is 5.82 Å². The van der Waals surface area contributed by atoms with E-state index >= 15 is 0 Å². The monoisotopic (exact) mass is 296 g/mol. The van der Waals surface area contributed by atoms with Crippen molar-refractivity contribution in [2.45, 2.75) is 19.4 Å². The first-order valence-corrected chi connectivity index (χ1v) is 7.02. The predicted octanol–water partition coefficient (Wildman–Crippen LogP) is 1.80. The van der Waals surface area contributed by atoms with E-state index in [4.69, 9.17) is 10.5 Å². The maximum Gasteiger partial charge on any atom is 0.150 e. The van der Waals surface area contributed by atoms with Crippen LogP contribution in [-0.2, 0) is 4.79 Å². The van der Waals surface area contributed by atoms with Crippen LogP contribution in [0, 0.1) is 5.82 Å². The summed E-state index contributed by atoms with van der Waals surface area (Å²) in [5.74, 6) is -0.251. The van der Waals surface area contributed by atoms with Crippen molar-refractivity contribution < 1.29 is 9.18 Å². The van der Waals surface area contributed by atoms with Crippen LogP contribution in [0.1, 0.15) is 13.3 Å². The molecule has 1 aromatic carbocycles. The summed E-state index contributed by atoms with van der Waals surface area (Å²) in [5.41, 5.74) is 7.51. The number of nitrogens with zero attached hydrogens (tertiary/aromatic N) is 2. The van der Waals surface area contributed by atoms with Gasteiger partial charge in [0.05, 0.1) is 11.4 Å². The van der Waals surface area contributed by atoms with Gasteiger partial charge in [-0.3, -0.25) is 0 Å². The Morgan fingerprint density at radius 3 is 2.57 bits per heavy atom. The zero-order valence-electron chi connectivity index (χ0n) is 13.2. The number of nitrogen functional groups attached to an aromatic ring is 1. The SMILES string of the molecule is CC=O.CNc1cc(N)cc(F)c1N1CCC(N(C)C)C1. The van der Waals surface area contributed by atoms with Gasteiger partial charge in [-0.1, -0.05) is 0 Å². The number of hydrogen-bond donors (Lipinski definition) is 2. The third-order valence-electron chi connectivity index (χ3n) is 3.56. The third kappa shape index (κ3) is 4.32. The molecule has 1 fully saturated rings. The highest BCUT2D eigenvalue weighted by atomic mass is 19.1. The Bertz CT molecular complexity index is 479. The predicted molar refractivity (Wildman–Crippen MR) is 86.4 cm³/mol. The van der Waals surface area contributed by atoms with Gasteiger partial charge in [0.2, 0.25) is 0 Å². The molecule has 1 unspecified atom stereocenters. The summed E-state index contributed by atoms with van der Waals surface area (Å²) in [5, 5.41) is 3.02. The van der Waals surface area contributed by atoms with Crippen molar-refractivity contribution in [1.82, 2.24) is 4.90 Å².